The number of carbonyl (C=O) groups excluding carboxylic acids is 1. The van der Waals surface area contributed by atoms with Crippen LogP contribution in [0.3, 0.4) is 0 Å². The molecule has 0 spiro atoms. The summed E-state index contributed by atoms with van der Waals surface area (Å²) in [5.41, 5.74) is 7.25. The van der Waals surface area contributed by atoms with Crippen LogP contribution in [-0.4, -0.2) is 29.9 Å². The second kappa shape index (κ2) is 5.31. The topological polar surface area (TPSA) is 46.3 Å². The maximum atomic E-state index is 12.8. The van der Waals surface area contributed by atoms with Gasteiger partial charge in [-0.3, -0.25) is 4.79 Å². The first-order valence-electron chi connectivity index (χ1n) is 6.05. The minimum atomic E-state index is -0.276. The Hall–Kier alpha value is -1.68. The van der Waals surface area contributed by atoms with E-state index < -0.39 is 0 Å². The van der Waals surface area contributed by atoms with Gasteiger partial charge in [0, 0.05) is 24.7 Å². The Morgan fingerprint density at radius 1 is 1.44 bits per heavy atom. The third-order valence-electron chi connectivity index (χ3n) is 3.10. The normalized spacial score (nSPS) is 20.3. The average molecular weight is 248 g/mol. The highest BCUT2D eigenvalue weighted by Crippen LogP contribution is 2.14. The molecule has 1 amide bonds. The second-order valence-electron chi connectivity index (χ2n) is 4.68. The van der Waals surface area contributed by atoms with Crippen LogP contribution in [0.5, 0.6) is 0 Å². The lowest BCUT2D eigenvalue weighted by Gasteiger charge is -2.16. The molecule has 0 aliphatic carbocycles. The molecule has 1 aliphatic rings. The van der Waals surface area contributed by atoms with E-state index in [-0.39, 0.29) is 17.8 Å². The van der Waals surface area contributed by atoms with Crippen molar-refractivity contribution in [3.8, 4) is 0 Å². The first-order chi connectivity index (χ1) is 8.56. The number of nitrogens with zero attached hydrogens (tertiary/aromatic N) is 1. The smallest absolute Gasteiger partial charge is 0.249 e. The van der Waals surface area contributed by atoms with Gasteiger partial charge < -0.3 is 10.6 Å². The van der Waals surface area contributed by atoms with E-state index >= 15 is 0 Å². The summed E-state index contributed by atoms with van der Waals surface area (Å²) in [7, 11) is 0. The highest BCUT2D eigenvalue weighted by atomic mass is 19.1. The third-order valence-corrected chi connectivity index (χ3v) is 3.10. The maximum Gasteiger partial charge on any atom is 0.249 e. The highest BCUT2D eigenvalue weighted by molar-refractivity contribution is 5.97. The zero-order chi connectivity index (χ0) is 13.1. The third kappa shape index (κ3) is 2.96. The number of benzene rings is 1. The predicted octanol–water partition coefficient (Wildman–Crippen LogP) is 1.79. The largest absolute Gasteiger partial charge is 0.337 e. The number of halogens is 1. The summed E-state index contributed by atoms with van der Waals surface area (Å²) in [6.45, 7) is 3.11. The van der Waals surface area contributed by atoms with Crippen molar-refractivity contribution < 1.29 is 9.18 Å². The van der Waals surface area contributed by atoms with Gasteiger partial charge in [-0.05, 0) is 37.1 Å². The van der Waals surface area contributed by atoms with Gasteiger partial charge in [0.05, 0.1) is 0 Å². The molecule has 0 bridgehead atoms. The standard InChI is InChI=1S/C14H17FN2O/c1-10(8-11-2-4-12(15)5-3-11)14(18)17-7-6-13(16)9-17/h2-5,8,13H,6-7,9,16H2,1H3/b10-8+/t13-/m1/s1. The van der Waals surface area contributed by atoms with E-state index in [1.54, 1.807) is 30.0 Å². The molecule has 96 valence electrons. The van der Waals surface area contributed by atoms with Crippen molar-refractivity contribution in [3.63, 3.8) is 0 Å². The van der Waals surface area contributed by atoms with E-state index in [4.69, 9.17) is 5.73 Å². The number of rotatable bonds is 2. The number of hydrogen-bond acceptors (Lipinski definition) is 2. The van der Waals surface area contributed by atoms with Crippen LogP contribution in [0.4, 0.5) is 4.39 Å². The lowest BCUT2D eigenvalue weighted by molar-refractivity contribution is -0.126. The molecular weight excluding hydrogens is 231 g/mol. The molecule has 1 fully saturated rings. The molecule has 1 aromatic carbocycles. The number of nitrogens with two attached hydrogens (primary N) is 1. The van der Waals surface area contributed by atoms with Crippen molar-refractivity contribution in [2.45, 2.75) is 19.4 Å². The van der Waals surface area contributed by atoms with Crippen LogP contribution >= 0.6 is 0 Å². The van der Waals surface area contributed by atoms with Crippen LogP contribution < -0.4 is 5.73 Å². The summed E-state index contributed by atoms with van der Waals surface area (Å²) in [6.07, 6.45) is 2.63. The summed E-state index contributed by atoms with van der Waals surface area (Å²) in [6, 6.07) is 6.17. The molecule has 2 N–H and O–H groups in total. The van der Waals surface area contributed by atoms with Gasteiger partial charge in [0.15, 0.2) is 0 Å². The minimum absolute atomic E-state index is 0.00674. The van der Waals surface area contributed by atoms with E-state index in [0.29, 0.717) is 18.7 Å². The Morgan fingerprint density at radius 2 is 2.11 bits per heavy atom. The van der Waals surface area contributed by atoms with Crippen LogP contribution in [0.15, 0.2) is 29.8 Å². The molecule has 1 aliphatic heterocycles. The molecule has 0 unspecified atom stereocenters. The molecular formula is C14H17FN2O. The summed E-state index contributed by atoms with van der Waals surface area (Å²) in [5, 5.41) is 0. The first-order valence-corrected chi connectivity index (χ1v) is 6.05. The van der Waals surface area contributed by atoms with Crippen molar-refractivity contribution >= 4 is 12.0 Å². The van der Waals surface area contributed by atoms with Crippen molar-refractivity contribution in [2.24, 2.45) is 5.73 Å². The fourth-order valence-electron chi connectivity index (χ4n) is 2.09. The average Bonchev–Trinajstić information content (AvgIpc) is 2.78. The summed E-state index contributed by atoms with van der Waals surface area (Å²) in [5.74, 6) is -0.270. The van der Waals surface area contributed by atoms with Crippen molar-refractivity contribution in [1.29, 1.82) is 0 Å². The van der Waals surface area contributed by atoms with E-state index in [2.05, 4.69) is 0 Å². The molecule has 18 heavy (non-hydrogen) atoms. The monoisotopic (exact) mass is 248 g/mol. The van der Waals surface area contributed by atoms with E-state index in [0.717, 1.165) is 12.0 Å². The highest BCUT2D eigenvalue weighted by Gasteiger charge is 2.24. The Bertz CT molecular complexity index is 467. The molecule has 1 saturated heterocycles. The number of likely N-dealkylation sites (tertiary alicyclic amines) is 1. The quantitative estimate of drug-likeness (QED) is 0.811. The van der Waals surface area contributed by atoms with Gasteiger partial charge in [0.1, 0.15) is 5.82 Å². The molecule has 1 atom stereocenters. The molecule has 1 heterocycles. The fraction of sp³-hybridized carbons (Fsp3) is 0.357. The van der Waals surface area contributed by atoms with Gasteiger partial charge in [-0.15, -0.1) is 0 Å². The molecule has 3 nitrogen and oxygen atoms in total. The summed E-state index contributed by atoms with van der Waals surface area (Å²) >= 11 is 0. The number of hydrogen-bond donors (Lipinski definition) is 1. The van der Waals surface area contributed by atoms with Crippen LogP contribution in [0.2, 0.25) is 0 Å². The zero-order valence-electron chi connectivity index (χ0n) is 10.4. The number of amides is 1. The Balaban J connectivity index is 2.08. The van der Waals surface area contributed by atoms with Crippen molar-refractivity contribution in [2.75, 3.05) is 13.1 Å². The summed E-state index contributed by atoms with van der Waals surface area (Å²) < 4.78 is 12.8. The Morgan fingerprint density at radius 3 is 2.67 bits per heavy atom. The van der Waals surface area contributed by atoms with Crippen LogP contribution in [0.25, 0.3) is 6.08 Å². The first kappa shape index (κ1) is 12.8. The van der Waals surface area contributed by atoms with Gasteiger partial charge in [0.2, 0.25) is 5.91 Å². The lowest BCUT2D eigenvalue weighted by atomic mass is 10.1. The maximum absolute atomic E-state index is 12.8. The number of carbonyl (C=O) groups is 1. The van der Waals surface area contributed by atoms with E-state index in [1.165, 1.54) is 12.1 Å². The molecule has 0 radical (unpaired) electrons. The Kier molecular flexibility index (Phi) is 3.77. The fourth-order valence-corrected chi connectivity index (χ4v) is 2.09. The Labute approximate surface area is 106 Å². The minimum Gasteiger partial charge on any atom is -0.337 e. The van der Waals surface area contributed by atoms with Gasteiger partial charge in [-0.25, -0.2) is 4.39 Å². The predicted molar refractivity (Wildman–Crippen MR) is 69.2 cm³/mol. The van der Waals surface area contributed by atoms with Crippen LogP contribution in [0, 0.1) is 5.82 Å². The lowest BCUT2D eigenvalue weighted by Crippen LogP contribution is -2.32. The van der Waals surface area contributed by atoms with E-state index in [9.17, 15) is 9.18 Å². The van der Waals surface area contributed by atoms with Crippen LogP contribution in [-0.2, 0) is 4.79 Å². The SMILES string of the molecule is C/C(=C\c1ccc(F)cc1)C(=O)N1CC[C@@H](N)C1. The van der Waals surface area contributed by atoms with Gasteiger partial charge in [-0.2, -0.15) is 0 Å². The van der Waals surface area contributed by atoms with Gasteiger partial charge in [0.25, 0.3) is 0 Å². The molecule has 1 aromatic rings. The van der Waals surface area contributed by atoms with Gasteiger partial charge in [-0.1, -0.05) is 12.1 Å². The second-order valence-corrected chi connectivity index (χ2v) is 4.68. The van der Waals surface area contributed by atoms with Crippen molar-refractivity contribution in [1.82, 2.24) is 4.90 Å². The molecule has 0 aromatic heterocycles. The molecule has 0 saturated carbocycles. The molecule has 2 rings (SSSR count). The summed E-state index contributed by atoms with van der Waals surface area (Å²) in [4.78, 5) is 13.9. The zero-order valence-corrected chi connectivity index (χ0v) is 10.4. The van der Waals surface area contributed by atoms with Crippen molar-refractivity contribution in [3.05, 3.63) is 41.2 Å². The van der Waals surface area contributed by atoms with E-state index in [1.807, 2.05) is 0 Å². The molecule has 4 heteroatoms. The van der Waals surface area contributed by atoms with Crippen LogP contribution in [0.1, 0.15) is 18.9 Å². The van der Waals surface area contributed by atoms with Gasteiger partial charge >= 0.3 is 0 Å².